The van der Waals surface area contributed by atoms with Crippen LogP contribution in [-0.4, -0.2) is 35.2 Å². The third kappa shape index (κ3) is 4.82. The Morgan fingerprint density at radius 3 is 2.54 bits per heavy atom. The van der Waals surface area contributed by atoms with E-state index in [4.69, 9.17) is 20.8 Å². The zero-order chi connectivity index (χ0) is 25.5. The standard InChI is InChI=1S/C31H37ClN2O3/c1-22-12-13-26(18-28(22)32)36-29-21-34(16-14-23(29)15-17-34)20-27-19-33-30(37-27)31(35,24-8-4-2-5-9-24)25-10-6-3-7-11-25/h2,4-5,8-9,12-13,18-19,23,25,29H,3,6-7,10-11,14-17,20-21H2,1H3/t23?,29-,31?,34?/m1/s1. The van der Waals surface area contributed by atoms with Gasteiger partial charge in [-0.3, -0.25) is 0 Å². The minimum atomic E-state index is -1.44. The molecule has 5 nitrogen and oxygen atoms in total. The van der Waals surface area contributed by atoms with Crippen LogP contribution in [0.15, 0.2) is 59.1 Å². The van der Waals surface area contributed by atoms with Gasteiger partial charge >= 0.3 is 0 Å². The van der Waals surface area contributed by atoms with Crippen LogP contribution >= 0.6 is 11.6 Å². The van der Waals surface area contributed by atoms with Crippen molar-refractivity contribution in [1.82, 2.24) is 4.98 Å². The van der Waals surface area contributed by atoms with E-state index in [1.54, 1.807) is 0 Å². The fourth-order valence-corrected chi connectivity index (χ4v) is 7.18. The van der Waals surface area contributed by atoms with Crippen LogP contribution < -0.4 is 9.84 Å². The molecule has 196 valence electrons. The molecule has 0 spiro atoms. The highest BCUT2D eigenvalue weighted by Gasteiger charge is 2.48. The van der Waals surface area contributed by atoms with Gasteiger partial charge in [0.25, 0.3) is 0 Å². The first-order valence-corrected chi connectivity index (χ1v) is 14.3. The summed E-state index contributed by atoms with van der Waals surface area (Å²) in [6.45, 7) is 5.92. The van der Waals surface area contributed by atoms with Crippen molar-refractivity contribution >= 4 is 11.6 Å². The van der Waals surface area contributed by atoms with Crippen molar-refractivity contribution in [1.29, 1.82) is 0 Å². The first kappa shape index (κ1) is 25.0. The van der Waals surface area contributed by atoms with Crippen molar-refractivity contribution in [3.63, 3.8) is 0 Å². The summed E-state index contributed by atoms with van der Waals surface area (Å²) >= 11 is 6.36. The molecule has 37 heavy (non-hydrogen) atoms. The monoisotopic (exact) mass is 520 g/mol. The maximum atomic E-state index is 14.6. The average Bonchev–Trinajstić information content (AvgIpc) is 3.40. The summed E-state index contributed by atoms with van der Waals surface area (Å²) in [5.41, 5.74) is 0.391. The Labute approximate surface area is 225 Å². The largest absolute Gasteiger partial charge is 0.839 e. The maximum absolute atomic E-state index is 14.6. The molecule has 4 heterocycles. The van der Waals surface area contributed by atoms with Gasteiger partial charge in [0.15, 0.2) is 17.8 Å². The molecule has 0 radical (unpaired) electrons. The Kier molecular flexibility index (Phi) is 6.81. The Hall–Kier alpha value is -2.34. The lowest BCUT2D eigenvalue weighted by Gasteiger charge is -2.51. The molecule has 3 aliphatic heterocycles. The first-order chi connectivity index (χ1) is 18.0. The number of ether oxygens (including phenoxy) is 1. The van der Waals surface area contributed by atoms with Gasteiger partial charge in [-0.25, -0.2) is 4.98 Å². The predicted octanol–water partition coefficient (Wildman–Crippen LogP) is 6.01. The maximum Gasteiger partial charge on any atom is 0.188 e. The second-order valence-electron chi connectivity index (χ2n) is 11.6. The summed E-state index contributed by atoms with van der Waals surface area (Å²) in [7, 11) is 0. The fourth-order valence-electron chi connectivity index (χ4n) is 7.01. The van der Waals surface area contributed by atoms with Gasteiger partial charge in [-0.2, -0.15) is 0 Å². The van der Waals surface area contributed by atoms with Crippen LogP contribution in [0.4, 0.5) is 0 Å². The number of hydrogen-bond donors (Lipinski definition) is 0. The molecule has 1 unspecified atom stereocenters. The van der Waals surface area contributed by atoms with Crippen molar-refractivity contribution < 1.29 is 18.7 Å². The van der Waals surface area contributed by atoms with Gasteiger partial charge in [-0.05, 0) is 41.7 Å². The van der Waals surface area contributed by atoms with Crippen LogP contribution in [0.3, 0.4) is 0 Å². The zero-order valence-electron chi connectivity index (χ0n) is 21.7. The molecule has 2 bridgehead atoms. The number of hydrogen-bond acceptors (Lipinski definition) is 4. The van der Waals surface area contributed by atoms with Gasteiger partial charge in [-0.1, -0.05) is 80.1 Å². The average molecular weight is 521 g/mol. The third-order valence-electron chi connectivity index (χ3n) is 9.22. The highest BCUT2D eigenvalue weighted by atomic mass is 35.5. The number of quaternary nitrogens is 1. The smallest absolute Gasteiger partial charge is 0.188 e. The third-order valence-corrected chi connectivity index (χ3v) is 9.62. The summed E-state index contributed by atoms with van der Waals surface area (Å²) in [5, 5.41) is 15.4. The number of nitrogens with zero attached hydrogens (tertiary/aromatic N) is 2. The minimum Gasteiger partial charge on any atom is -0.839 e. The van der Waals surface area contributed by atoms with E-state index >= 15 is 0 Å². The lowest BCUT2D eigenvalue weighted by molar-refractivity contribution is -0.958. The second-order valence-corrected chi connectivity index (χ2v) is 12.0. The van der Waals surface area contributed by atoms with Crippen LogP contribution in [0.25, 0.3) is 0 Å². The number of fused-ring (bicyclic) bond motifs is 3. The molecule has 1 saturated carbocycles. The summed E-state index contributed by atoms with van der Waals surface area (Å²) in [6, 6.07) is 15.7. The van der Waals surface area contributed by atoms with E-state index in [1.165, 1.54) is 6.42 Å². The SMILES string of the molecule is Cc1ccc(O[C@@H]2C[N+]3(Cc4cnc(C([O-])(c5ccccc5)C5CCCCC5)o4)CCC2CC3)cc1Cl. The van der Waals surface area contributed by atoms with Gasteiger partial charge in [0, 0.05) is 23.8 Å². The second kappa shape index (κ2) is 10.1. The van der Waals surface area contributed by atoms with E-state index < -0.39 is 5.60 Å². The van der Waals surface area contributed by atoms with Crippen LogP contribution in [-0.2, 0) is 12.1 Å². The normalized spacial score (nSPS) is 27.6. The topological polar surface area (TPSA) is 58.3 Å². The van der Waals surface area contributed by atoms with Crippen LogP contribution in [0.1, 0.15) is 67.7 Å². The molecule has 0 N–H and O–H groups in total. The number of aryl methyl sites for hydroxylation is 1. The van der Waals surface area contributed by atoms with Crippen molar-refractivity contribution in [3.8, 4) is 5.75 Å². The molecule has 1 aromatic heterocycles. The Morgan fingerprint density at radius 1 is 1.05 bits per heavy atom. The molecule has 4 fully saturated rings. The lowest BCUT2D eigenvalue weighted by Crippen LogP contribution is -2.64. The van der Waals surface area contributed by atoms with E-state index in [2.05, 4.69) is 4.98 Å². The molecule has 2 atom stereocenters. The van der Waals surface area contributed by atoms with Crippen molar-refractivity contribution in [2.45, 2.75) is 70.1 Å². The van der Waals surface area contributed by atoms with Crippen LogP contribution in [0, 0.1) is 18.8 Å². The fraction of sp³-hybridized carbons (Fsp3) is 0.516. The van der Waals surface area contributed by atoms with Gasteiger partial charge in [0.2, 0.25) is 0 Å². The molecule has 4 aliphatic rings. The molecule has 7 rings (SSSR count). The molecule has 6 heteroatoms. The molecule has 3 saturated heterocycles. The van der Waals surface area contributed by atoms with Gasteiger partial charge < -0.3 is 18.7 Å². The van der Waals surface area contributed by atoms with E-state index in [9.17, 15) is 5.11 Å². The molecule has 0 amide bonds. The molecule has 3 aromatic rings. The summed E-state index contributed by atoms with van der Waals surface area (Å²) < 4.78 is 13.8. The van der Waals surface area contributed by atoms with Gasteiger partial charge in [0.05, 0.1) is 19.3 Å². The van der Waals surface area contributed by atoms with E-state index in [-0.39, 0.29) is 12.0 Å². The lowest BCUT2D eigenvalue weighted by atomic mass is 9.73. The number of aromatic nitrogens is 1. The zero-order valence-corrected chi connectivity index (χ0v) is 22.5. The van der Waals surface area contributed by atoms with E-state index in [0.29, 0.717) is 11.8 Å². The Bertz CT molecular complexity index is 1210. The molecular formula is C31H37ClN2O3. The molecular weight excluding hydrogens is 484 g/mol. The van der Waals surface area contributed by atoms with Gasteiger partial charge in [0.1, 0.15) is 18.8 Å². The molecule has 1 aliphatic carbocycles. The van der Waals surface area contributed by atoms with Crippen LogP contribution in [0.2, 0.25) is 5.02 Å². The first-order valence-electron chi connectivity index (χ1n) is 13.9. The minimum absolute atomic E-state index is 0.00651. The quantitative estimate of drug-likeness (QED) is 0.358. The summed E-state index contributed by atoms with van der Waals surface area (Å²) in [5.74, 6) is 2.59. The van der Waals surface area contributed by atoms with Crippen molar-refractivity contribution in [2.75, 3.05) is 19.6 Å². The highest BCUT2D eigenvalue weighted by Crippen LogP contribution is 2.43. The van der Waals surface area contributed by atoms with E-state index in [1.807, 2.05) is 61.7 Å². The summed E-state index contributed by atoms with van der Waals surface area (Å²) in [4.78, 5) is 4.65. The number of halogens is 1. The van der Waals surface area contributed by atoms with Crippen molar-refractivity contribution in [2.24, 2.45) is 11.8 Å². The number of benzene rings is 2. The number of piperidine rings is 3. The Morgan fingerprint density at radius 2 is 1.81 bits per heavy atom. The Balaban J connectivity index is 1.23. The number of rotatable bonds is 7. The van der Waals surface area contributed by atoms with Crippen LogP contribution in [0.5, 0.6) is 5.75 Å². The van der Waals surface area contributed by atoms with E-state index in [0.717, 1.165) is 96.8 Å². The summed E-state index contributed by atoms with van der Waals surface area (Å²) in [6.07, 6.45) is 9.53. The highest BCUT2D eigenvalue weighted by molar-refractivity contribution is 6.31. The predicted molar refractivity (Wildman–Crippen MR) is 142 cm³/mol. The van der Waals surface area contributed by atoms with Gasteiger partial charge in [-0.15, -0.1) is 0 Å². The molecule has 2 aromatic carbocycles. The number of oxazole rings is 1. The van der Waals surface area contributed by atoms with Crippen molar-refractivity contribution in [3.05, 3.63) is 82.5 Å².